The van der Waals surface area contributed by atoms with Gasteiger partial charge in [-0.25, -0.2) is 0 Å². The summed E-state index contributed by atoms with van der Waals surface area (Å²) >= 11 is 7.54. The van der Waals surface area contributed by atoms with E-state index >= 15 is 0 Å². The van der Waals surface area contributed by atoms with E-state index in [9.17, 15) is 0 Å². The molecular weight excluding hydrogens is 298 g/mol. The Morgan fingerprint density at radius 2 is 2.25 bits per heavy atom. The third kappa shape index (κ3) is 3.01. The number of hydrogen-bond donors (Lipinski definition) is 1. The van der Waals surface area contributed by atoms with Crippen LogP contribution in [0.4, 0.5) is 0 Å². The monoisotopic (exact) mass is 315 g/mol. The van der Waals surface area contributed by atoms with Gasteiger partial charge in [0.25, 0.3) is 0 Å². The third-order valence-electron chi connectivity index (χ3n) is 3.00. The number of nitrogens with zero attached hydrogens (tertiary/aromatic N) is 4. The fraction of sp³-hybridized carbons (Fsp3) is 0.583. The van der Waals surface area contributed by atoms with Gasteiger partial charge in [0.1, 0.15) is 0 Å². The molecule has 2 N–H and O–H groups in total. The fourth-order valence-corrected chi connectivity index (χ4v) is 3.05. The lowest BCUT2D eigenvalue weighted by Gasteiger charge is -2.15. The van der Waals surface area contributed by atoms with Crippen molar-refractivity contribution < 1.29 is 4.74 Å². The summed E-state index contributed by atoms with van der Waals surface area (Å²) in [5.41, 5.74) is 8.05. The summed E-state index contributed by atoms with van der Waals surface area (Å²) < 4.78 is 10.9. The van der Waals surface area contributed by atoms with Crippen LogP contribution in [0.25, 0.3) is 0 Å². The summed E-state index contributed by atoms with van der Waals surface area (Å²) in [7, 11) is 1.65. The smallest absolute Gasteiger partial charge is 0.0867 e. The molecule has 2 rings (SSSR count). The van der Waals surface area contributed by atoms with Crippen LogP contribution in [0.2, 0.25) is 5.02 Å². The minimum atomic E-state index is -0.376. The molecule has 0 spiro atoms. The fourth-order valence-electron chi connectivity index (χ4n) is 1.98. The molecule has 0 fully saturated rings. The molecule has 0 aliphatic rings. The maximum Gasteiger partial charge on any atom is 0.0867 e. The van der Waals surface area contributed by atoms with Gasteiger partial charge in [-0.05, 0) is 17.5 Å². The Labute approximate surface area is 127 Å². The van der Waals surface area contributed by atoms with Crippen molar-refractivity contribution in [3.63, 3.8) is 0 Å². The Balaban J connectivity index is 2.35. The van der Waals surface area contributed by atoms with Crippen LogP contribution < -0.4 is 5.73 Å². The lowest BCUT2D eigenvalue weighted by molar-refractivity contribution is 0.182. The number of halogens is 1. The number of hydrogen-bond acceptors (Lipinski definition) is 6. The van der Waals surface area contributed by atoms with Crippen LogP contribution in [0.15, 0.2) is 6.20 Å². The molecule has 110 valence electrons. The molecule has 0 aliphatic carbocycles. The van der Waals surface area contributed by atoms with Gasteiger partial charge in [0, 0.05) is 7.11 Å². The number of methoxy groups -OCH3 is 1. The summed E-state index contributed by atoms with van der Waals surface area (Å²) in [6, 6.07) is -0.376. The zero-order valence-electron chi connectivity index (χ0n) is 11.7. The molecule has 1 atom stereocenters. The minimum absolute atomic E-state index is 0.268. The average molecular weight is 316 g/mol. The van der Waals surface area contributed by atoms with Crippen molar-refractivity contribution >= 4 is 23.1 Å². The molecule has 2 aromatic heterocycles. The largest absolute Gasteiger partial charge is 0.383 e. The summed E-state index contributed by atoms with van der Waals surface area (Å²) in [5.74, 6) is 0.268. The molecule has 0 saturated carbocycles. The first-order valence-electron chi connectivity index (χ1n) is 6.34. The van der Waals surface area contributed by atoms with E-state index in [2.05, 4.69) is 28.5 Å². The Kier molecular flexibility index (Phi) is 5.09. The molecule has 2 heterocycles. The molecule has 1 unspecified atom stereocenters. The standard InChI is InChI=1S/C12H18ClN5OS/c1-7(2)10-12(20-17-16-10)9(14)11-8(13)6-15-18(11)4-5-19-3/h6-7,9H,4-5,14H2,1-3H3. The van der Waals surface area contributed by atoms with Crippen LogP contribution in [-0.4, -0.2) is 33.1 Å². The van der Waals surface area contributed by atoms with E-state index in [-0.39, 0.29) is 12.0 Å². The van der Waals surface area contributed by atoms with Crippen LogP contribution in [0.5, 0.6) is 0 Å². The van der Waals surface area contributed by atoms with Crippen LogP contribution in [0, 0.1) is 0 Å². The van der Waals surface area contributed by atoms with Gasteiger partial charge in [0.15, 0.2) is 0 Å². The second-order valence-corrected chi connectivity index (χ2v) is 5.94. The second kappa shape index (κ2) is 6.62. The highest BCUT2D eigenvalue weighted by atomic mass is 35.5. The van der Waals surface area contributed by atoms with Crippen molar-refractivity contribution in [2.45, 2.75) is 32.4 Å². The Bertz CT molecular complexity index is 568. The number of ether oxygens (including phenoxy) is 1. The van der Waals surface area contributed by atoms with Crippen LogP contribution in [-0.2, 0) is 11.3 Å². The molecular formula is C12H18ClN5OS. The highest BCUT2D eigenvalue weighted by Gasteiger charge is 2.24. The van der Waals surface area contributed by atoms with Gasteiger partial charge >= 0.3 is 0 Å². The van der Waals surface area contributed by atoms with Gasteiger partial charge in [-0.2, -0.15) is 5.10 Å². The van der Waals surface area contributed by atoms with E-state index in [0.717, 1.165) is 16.3 Å². The topological polar surface area (TPSA) is 78.9 Å². The van der Waals surface area contributed by atoms with E-state index in [1.54, 1.807) is 18.0 Å². The van der Waals surface area contributed by atoms with Crippen molar-refractivity contribution in [3.05, 3.63) is 27.5 Å². The van der Waals surface area contributed by atoms with Crippen LogP contribution in [0.1, 0.15) is 42.1 Å². The summed E-state index contributed by atoms with van der Waals surface area (Å²) in [4.78, 5) is 0.932. The molecule has 0 bridgehead atoms. The zero-order valence-corrected chi connectivity index (χ0v) is 13.3. The number of nitrogens with two attached hydrogens (primary N) is 1. The molecule has 0 aromatic carbocycles. The first-order chi connectivity index (χ1) is 9.56. The maximum absolute atomic E-state index is 6.36. The van der Waals surface area contributed by atoms with Gasteiger partial charge in [-0.1, -0.05) is 29.9 Å². The SMILES string of the molecule is COCCn1ncc(Cl)c1C(N)c1snnc1C(C)C. The van der Waals surface area contributed by atoms with Crippen molar-refractivity contribution in [2.24, 2.45) is 5.73 Å². The molecule has 6 nitrogen and oxygen atoms in total. The zero-order chi connectivity index (χ0) is 14.7. The van der Waals surface area contributed by atoms with Gasteiger partial charge in [-0.3, -0.25) is 4.68 Å². The lowest BCUT2D eigenvalue weighted by atomic mass is 10.0. The van der Waals surface area contributed by atoms with E-state index in [4.69, 9.17) is 22.1 Å². The van der Waals surface area contributed by atoms with E-state index in [1.807, 2.05) is 0 Å². The lowest BCUT2D eigenvalue weighted by Crippen LogP contribution is -2.20. The Morgan fingerprint density at radius 1 is 1.50 bits per heavy atom. The van der Waals surface area contributed by atoms with Crippen molar-refractivity contribution in [1.82, 2.24) is 19.4 Å². The highest BCUT2D eigenvalue weighted by Crippen LogP contribution is 2.32. The molecule has 0 radical (unpaired) electrons. The predicted octanol–water partition coefficient (Wildman–Crippen LogP) is 2.21. The normalized spacial score (nSPS) is 13.1. The summed E-state index contributed by atoms with van der Waals surface area (Å²) in [6.07, 6.45) is 1.61. The second-order valence-electron chi connectivity index (χ2n) is 4.75. The molecule has 2 aromatic rings. The van der Waals surface area contributed by atoms with Crippen molar-refractivity contribution in [2.75, 3.05) is 13.7 Å². The van der Waals surface area contributed by atoms with E-state index < -0.39 is 0 Å². The van der Waals surface area contributed by atoms with Gasteiger partial charge in [-0.15, -0.1) is 5.10 Å². The molecule has 20 heavy (non-hydrogen) atoms. The van der Waals surface area contributed by atoms with Gasteiger partial charge in [0.05, 0.1) is 46.7 Å². The van der Waals surface area contributed by atoms with Crippen LogP contribution in [0.3, 0.4) is 0 Å². The third-order valence-corrected chi connectivity index (χ3v) is 4.12. The summed E-state index contributed by atoms with van der Waals surface area (Å²) in [6.45, 7) is 5.29. The number of rotatable bonds is 6. The maximum atomic E-state index is 6.36. The Hall–Kier alpha value is -1.02. The molecule has 0 amide bonds. The Morgan fingerprint density at radius 3 is 2.90 bits per heavy atom. The van der Waals surface area contributed by atoms with Crippen LogP contribution >= 0.6 is 23.1 Å². The summed E-state index contributed by atoms with van der Waals surface area (Å²) in [5, 5.41) is 8.96. The first kappa shape index (κ1) is 15.4. The minimum Gasteiger partial charge on any atom is -0.383 e. The van der Waals surface area contributed by atoms with Gasteiger partial charge < -0.3 is 10.5 Å². The molecule has 0 aliphatic heterocycles. The van der Waals surface area contributed by atoms with Gasteiger partial charge in [0.2, 0.25) is 0 Å². The first-order valence-corrected chi connectivity index (χ1v) is 7.49. The van der Waals surface area contributed by atoms with Crippen molar-refractivity contribution in [3.8, 4) is 0 Å². The van der Waals surface area contributed by atoms with E-state index in [1.165, 1.54) is 11.5 Å². The van der Waals surface area contributed by atoms with Crippen molar-refractivity contribution in [1.29, 1.82) is 0 Å². The molecule has 0 saturated heterocycles. The quantitative estimate of drug-likeness (QED) is 0.884. The van der Waals surface area contributed by atoms with E-state index in [0.29, 0.717) is 18.2 Å². The highest BCUT2D eigenvalue weighted by molar-refractivity contribution is 7.05. The average Bonchev–Trinajstić information content (AvgIpc) is 3.02. The molecule has 8 heteroatoms. The number of aromatic nitrogens is 4. The predicted molar refractivity (Wildman–Crippen MR) is 79.1 cm³/mol.